The Morgan fingerprint density at radius 1 is 1.32 bits per heavy atom. The molecule has 0 bridgehead atoms. The molecule has 0 spiro atoms. The third kappa shape index (κ3) is 3.42. The molecule has 3 rings (SSSR count). The highest BCUT2D eigenvalue weighted by molar-refractivity contribution is 7.93. The number of hydrogen-bond donors (Lipinski definition) is 1. The zero-order valence-corrected chi connectivity index (χ0v) is 17.7. The van der Waals surface area contributed by atoms with Gasteiger partial charge in [-0.15, -0.1) is 0 Å². The van der Waals surface area contributed by atoms with E-state index < -0.39 is 15.8 Å². The van der Waals surface area contributed by atoms with Gasteiger partial charge in [0.25, 0.3) is 15.9 Å². The molecular weight excluding hydrogens is 404 g/mol. The second kappa shape index (κ2) is 7.06. The van der Waals surface area contributed by atoms with Crippen molar-refractivity contribution in [3.05, 3.63) is 38.8 Å². The molecule has 0 unspecified atom stereocenters. The van der Waals surface area contributed by atoms with Gasteiger partial charge in [-0.25, -0.2) is 18.2 Å². The van der Waals surface area contributed by atoms with Gasteiger partial charge in [0.05, 0.1) is 16.1 Å². The molecule has 0 aliphatic heterocycles. The third-order valence-electron chi connectivity index (χ3n) is 4.19. The number of nitrogens with one attached hydrogen (secondary N) is 1. The van der Waals surface area contributed by atoms with Crippen molar-refractivity contribution in [1.82, 2.24) is 14.5 Å². The van der Waals surface area contributed by atoms with E-state index in [-0.39, 0.29) is 21.5 Å². The van der Waals surface area contributed by atoms with Crippen LogP contribution in [0.15, 0.2) is 26.2 Å². The first kappa shape index (κ1) is 20.1. The zero-order valence-electron chi connectivity index (χ0n) is 16.1. The Morgan fingerprint density at radius 2 is 2.00 bits per heavy atom. The molecule has 0 aliphatic rings. The molecule has 0 aliphatic carbocycles. The van der Waals surface area contributed by atoms with Crippen LogP contribution < -0.4 is 10.5 Å². The highest BCUT2D eigenvalue weighted by Crippen LogP contribution is 2.28. The Bertz CT molecular complexity index is 1230. The maximum Gasteiger partial charge on any atom is 0.419 e. The molecule has 1 aromatic carbocycles. The quantitative estimate of drug-likeness (QED) is 0.671. The van der Waals surface area contributed by atoms with E-state index >= 15 is 0 Å². The monoisotopic (exact) mass is 424 g/mol. The fourth-order valence-electron chi connectivity index (χ4n) is 2.79. The van der Waals surface area contributed by atoms with Crippen LogP contribution in [0, 0.1) is 13.8 Å². The molecule has 9 nitrogen and oxygen atoms in total. The number of carbonyl (C=O) groups is 1. The first-order valence-electron chi connectivity index (χ1n) is 8.41. The minimum atomic E-state index is -3.99. The Kier molecular flexibility index (Phi) is 5.06. The van der Waals surface area contributed by atoms with E-state index in [0.717, 1.165) is 11.3 Å². The van der Waals surface area contributed by atoms with Crippen molar-refractivity contribution in [3.8, 4) is 0 Å². The molecule has 11 heteroatoms. The summed E-state index contributed by atoms with van der Waals surface area (Å²) in [7, 11) is -0.771. The summed E-state index contributed by atoms with van der Waals surface area (Å²) in [6.07, 6.45) is 0. The molecular formula is C17H20N4O5S2. The summed E-state index contributed by atoms with van der Waals surface area (Å²) < 4.78 is 34.8. The highest BCUT2D eigenvalue weighted by Gasteiger charge is 2.24. The predicted octanol–water partition coefficient (Wildman–Crippen LogP) is 2.19. The summed E-state index contributed by atoms with van der Waals surface area (Å²) in [6.45, 7) is 5.50. The van der Waals surface area contributed by atoms with E-state index in [1.165, 1.54) is 15.5 Å². The maximum atomic E-state index is 12.9. The number of sulfonamides is 1. The molecule has 2 heterocycles. The number of amides is 1. The number of aryl methyl sites for hydroxylation is 3. The minimum absolute atomic E-state index is 0.0228. The van der Waals surface area contributed by atoms with Crippen LogP contribution in [0.2, 0.25) is 0 Å². The Morgan fingerprint density at radius 3 is 2.61 bits per heavy atom. The van der Waals surface area contributed by atoms with Crippen molar-refractivity contribution in [2.45, 2.75) is 32.2 Å². The fraction of sp³-hybridized carbons (Fsp3) is 0.353. The number of aromatic nitrogens is 2. The Balaban J connectivity index is 2.02. The molecule has 0 saturated heterocycles. The third-order valence-corrected chi connectivity index (χ3v) is 6.86. The van der Waals surface area contributed by atoms with Gasteiger partial charge in [0.15, 0.2) is 10.7 Å². The van der Waals surface area contributed by atoms with Crippen molar-refractivity contribution in [3.63, 3.8) is 0 Å². The van der Waals surface area contributed by atoms with Crippen LogP contribution in [0.5, 0.6) is 0 Å². The van der Waals surface area contributed by atoms with Crippen molar-refractivity contribution >= 4 is 43.5 Å². The SMILES string of the molecule is CCn1c(=O)oc2cc(S(=O)(=O)Nc3nc(C)c(C(=O)N(C)C)s3)c(C)cc21. The average Bonchev–Trinajstić information content (AvgIpc) is 3.10. The number of oxazole rings is 1. The van der Waals surface area contributed by atoms with E-state index in [9.17, 15) is 18.0 Å². The van der Waals surface area contributed by atoms with Gasteiger partial charge in [-0.1, -0.05) is 11.3 Å². The van der Waals surface area contributed by atoms with Gasteiger partial charge in [-0.3, -0.25) is 14.1 Å². The summed E-state index contributed by atoms with van der Waals surface area (Å²) in [4.78, 5) is 29.9. The van der Waals surface area contributed by atoms with Crippen LogP contribution in [-0.2, 0) is 16.6 Å². The van der Waals surface area contributed by atoms with Gasteiger partial charge >= 0.3 is 5.76 Å². The van der Waals surface area contributed by atoms with Crippen LogP contribution in [0.4, 0.5) is 5.13 Å². The van der Waals surface area contributed by atoms with Crippen LogP contribution >= 0.6 is 11.3 Å². The number of rotatable bonds is 5. The topological polar surface area (TPSA) is 115 Å². The molecule has 3 aromatic rings. The van der Waals surface area contributed by atoms with E-state index in [1.807, 2.05) is 0 Å². The molecule has 0 radical (unpaired) electrons. The second-order valence-corrected chi connectivity index (χ2v) is 9.09. The van der Waals surface area contributed by atoms with Gasteiger partial charge in [-0.2, -0.15) is 0 Å². The molecule has 28 heavy (non-hydrogen) atoms. The lowest BCUT2D eigenvalue weighted by Crippen LogP contribution is -2.21. The molecule has 150 valence electrons. The summed E-state index contributed by atoms with van der Waals surface area (Å²) in [5.74, 6) is -0.789. The number of fused-ring (bicyclic) bond motifs is 1. The summed E-state index contributed by atoms with van der Waals surface area (Å²) in [5, 5.41) is 0.0924. The second-order valence-electron chi connectivity index (χ2n) is 6.44. The van der Waals surface area contributed by atoms with Gasteiger partial charge < -0.3 is 9.32 Å². The van der Waals surface area contributed by atoms with Gasteiger partial charge in [0, 0.05) is 26.7 Å². The lowest BCUT2D eigenvalue weighted by atomic mass is 10.2. The smallest absolute Gasteiger partial charge is 0.408 e. The number of hydrogen-bond acceptors (Lipinski definition) is 7. The van der Waals surface area contributed by atoms with E-state index in [1.54, 1.807) is 40.9 Å². The van der Waals surface area contributed by atoms with Crippen LogP contribution in [-0.4, -0.2) is 42.9 Å². The Hall–Kier alpha value is -2.66. The molecule has 2 aromatic heterocycles. The van der Waals surface area contributed by atoms with Crippen LogP contribution in [0.1, 0.15) is 27.9 Å². The number of benzene rings is 1. The van der Waals surface area contributed by atoms with E-state index in [0.29, 0.717) is 28.2 Å². The largest absolute Gasteiger partial charge is 0.419 e. The van der Waals surface area contributed by atoms with E-state index in [2.05, 4.69) is 9.71 Å². The molecule has 0 atom stereocenters. The number of nitrogens with zero attached hydrogens (tertiary/aromatic N) is 3. The maximum absolute atomic E-state index is 12.9. The molecule has 0 saturated carbocycles. The van der Waals surface area contributed by atoms with Crippen molar-refractivity contribution in [1.29, 1.82) is 0 Å². The first-order chi connectivity index (χ1) is 13.0. The standard InChI is InChI=1S/C17H20N4O5S2/c1-6-21-11-7-9(2)13(8-12(11)26-17(21)23)28(24,25)19-16-18-10(3)14(27-16)15(22)20(4)5/h7-8H,6H2,1-5H3,(H,18,19). The summed E-state index contributed by atoms with van der Waals surface area (Å²) >= 11 is 0.967. The first-order valence-corrected chi connectivity index (χ1v) is 10.7. The van der Waals surface area contributed by atoms with Gasteiger partial charge in [-0.05, 0) is 32.4 Å². The van der Waals surface area contributed by atoms with Crippen LogP contribution in [0.25, 0.3) is 11.1 Å². The van der Waals surface area contributed by atoms with Crippen molar-refractivity contribution in [2.24, 2.45) is 0 Å². The highest BCUT2D eigenvalue weighted by atomic mass is 32.2. The number of carbonyl (C=O) groups excluding carboxylic acids is 1. The normalized spacial score (nSPS) is 11.8. The Labute approximate surface area is 165 Å². The van der Waals surface area contributed by atoms with Crippen LogP contribution in [0.3, 0.4) is 0 Å². The lowest BCUT2D eigenvalue weighted by Gasteiger charge is -2.09. The average molecular weight is 425 g/mol. The van der Waals surface area contributed by atoms with Gasteiger partial charge in [0.2, 0.25) is 0 Å². The van der Waals surface area contributed by atoms with E-state index in [4.69, 9.17) is 4.42 Å². The van der Waals surface area contributed by atoms with Crippen molar-refractivity contribution in [2.75, 3.05) is 18.8 Å². The minimum Gasteiger partial charge on any atom is -0.408 e. The summed E-state index contributed by atoms with van der Waals surface area (Å²) in [5.41, 5.74) is 1.63. The number of thiazole rings is 1. The molecule has 1 amide bonds. The lowest BCUT2D eigenvalue weighted by molar-refractivity contribution is 0.0831. The van der Waals surface area contributed by atoms with Gasteiger partial charge in [0.1, 0.15) is 4.88 Å². The number of anilines is 1. The fourth-order valence-corrected chi connectivity index (χ4v) is 5.26. The zero-order chi connectivity index (χ0) is 20.8. The molecule has 0 fully saturated rings. The predicted molar refractivity (Wildman–Crippen MR) is 107 cm³/mol. The summed E-state index contributed by atoms with van der Waals surface area (Å²) in [6, 6.07) is 2.93. The molecule has 1 N–H and O–H groups in total. The van der Waals surface area contributed by atoms with Crippen molar-refractivity contribution < 1.29 is 17.6 Å².